The molecule has 2 aromatic heterocycles. The number of hydrogen-bond acceptors (Lipinski definition) is 11. The summed E-state index contributed by atoms with van der Waals surface area (Å²) in [6, 6.07) is 22.8. The maximum atomic E-state index is 13.1. The summed E-state index contributed by atoms with van der Waals surface area (Å²) in [5.74, 6) is 0.0508. The van der Waals surface area contributed by atoms with Crippen molar-refractivity contribution in [3.05, 3.63) is 101 Å². The second kappa shape index (κ2) is 15.4. The molecule has 8 rings (SSSR count). The molecule has 0 spiro atoms. The summed E-state index contributed by atoms with van der Waals surface area (Å²) in [5, 5.41) is 25.5. The number of nitrogen functional groups attached to an aromatic ring is 1. The number of aromatic nitrogens is 5. The Bertz CT molecular complexity index is 2290. The number of piperidine rings is 1. The van der Waals surface area contributed by atoms with Crippen LogP contribution in [0.1, 0.15) is 71.1 Å². The fraction of sp³-hybridized carbons (Fsp3) is 0.300. The first-order valence-electron chi connectivity index (χ1n) is 18.6. The average Bonchev–Trinajstić information content (AvgIpc) is 3.66. The van der Waals surface area contributed by atoms with Crippen LogP contribution in [0.4, 0.5) is 23.3 Å². The molecule has 55 heavy (non-hydrogen) atoms. The van der Waals surface area contributed by atoms with Crippen LogP contribution >= 0.6 is 0 Å². The van der Waals surface area contributed by atoms with Gasteiger partial charge in [0.1, 0.15) is 6.04 Å². The third-order valence-corrected chi connectivity index (χ3v) is 10.3. The fourth-order valence-corrected chi connectivity index (χ4v) is 7.43. The minimum absolute atomic E-state index is 0.0383. The van der Waals surface area contributed by atoms with Crippen LogP contribution in [0.2, 0.25) is 0 Å². The minimum Gasteiger partial charge on any atom is -0.385 e. The maximum absolute atomic E-state index is 13.1. The van der Waals surface area contributed by atoms with Crippen molar-refractivity contribution in [1.29, 1.82) is 0 Å². The van der Waals surface area contributed by atoms with Crippen LogP contribution < -0.4 is 27.0 Å². The highest BCUT2D eigenvalue weighted by Gasteiger charge is 2.39. The average molecular weight is 740 g/mol. The largest absolute Gasteiger partial charge is 0.385 e. The minimum atomic E-state index is -0.654. The first kappa shape index (κ1) is 35.4. The Balaban J connectivity index is 0.781. The molecule has 0 saturated carbocycles. The number of hydrogen-bond donors (Lipinski definition) is 5. The number of amides is 4. The van der Waals surface area contributed by atoms with Gasteiger partial charge in [-0.05, 0) is 85.5 Å². The first-order chi connectivity index (χ1) is 26.8. The van der Waals surface area contributed by atoms with Gasteiger partial charge in [0.25, 0.3) is 5.91 Å². The van der Waals surface area contributed by atoms with E-state index in [1.54, 1.807) is 11.0 Å². The Morgan fingerprint density at radius 2 is 1.73 bits per heavy atom. The first-order valence-corrected chi connectivity index (χ1v) is 18.6. The normalized spacial score (nSPS) is 16.1. The van der Waals surface area contributed by atoms with Crippen LogP contribution in [-0.4, -0.2) is 66.1 Å². The van der Waals surface area contributed by atoms with Gasteiger partial charge in [-0.1, -0.05) is 42.5 Å². The van der Waals surface area contributed by atoms with Crippen molar-refractivity contribution in [3.8, 4) is 17.1 Å². The molecule has 4 amide bonds. The summed E-state index contributed by atoms with van der Waals surface area (Å²) in [5.41, 5.74) is 14.6. The van der Waals surface area contributed by atoms with Gasteiger partial charge < -0.3 is 26.6 Å². The van der Waals surface area contributed by atoms with Gasteiger partial charge in [0.15, 0.2) is 5.82 Å². The molecule has 280 valence electrons. The van der Waals surface area contributed by atoms with Gasteiger partial charge in [0.05, 0.1) is 5.69 Å². The lowest BCUT2D eigenvalue weighted by Gasteiger charge is -2.29. The summed E-state index contributed by atoms with van der Waals surface area (Å²) in [4.78, 5) is 55.6. The van der Waals surface area contributed by atoms with Crippen molar-refractivity contribution in [2.75, 3.05) is 22.9 Å². The number of anilines is 4. The number of nitrogens with one attached hydrogen (secondary N) is 4. The third-order valence-electron chi connectivity index (χ3n) is 10.3. The van der Waals surface area contributed by atoms with Gasteiger partial charge in [-0.25, -0.2) is 0 Å². The van der Waals surface area contributed by atoms with E-state index in [1.807, 2.05) is 48.5 Å². The Hall–Kier alpha value is -6.64. The zero-order valence-electron chi connectivity index (χ0n) is 30.2. The van der Waals surface area contributed by atoms with E-state index >= 15 is 0 Å². The lowest BCUT2D eigenvalue weighted by Crippen LogP contribution is -2.52. The van der Waals surface area contributed by atoms with Crippen LogP contribution in [0.5, 0.6) is 0 Å². The number of benzene rings is 3. The van der Waals surface area contributed by atoms with E-state index in [1.165, 1.54) is 10.2 Å². The second-order valence-electron chi connectivity index (χ2n) is 14.0. The molecule has 1 fully saturated rings. The molecule has 0 bridgehead atoms. The highest BCUT2D eigenvalue weighted by atomic mass is 16.2. The van der Waals surface area contributed by atoms with E-state index < -0.39 is 11.9 Å². The molecule has 6 N–H and O–H groups in total. The molecule has 2 aliphatic heterocycles. The molecule has 1 unspecified atom stereocenters. The molecule has 15 nitrogen and oxygen atoms in total. The Kier molecular flexibility index (Phi) is 9.90. The van der Waals surface area contributed by atoms with E-state index in [0.717, 1.165) is 65.0 Å². The van der Waals surface area contributed by atoms with Gasteiger partial charge >= 0.3 is 0 Å². The summed E-state index contributed by atoms with van der Waals surface area (Å²) in [6.07, 6.45) is 5.26. The van der Waals surface area contributed by atoms with Crippen LogP contribution in [0, 0.1) is 0 Å². The monoisotopic (exact) mass is 739 g/mol. The van der Waals surface area contributed by atoms with Gasteiger partial charge in [-0.3, -0.25) is 24.5 Å². The highest BCUT2D eigenvalue weighted by molar-refractivity contribution is 6.06. The van der Waals surface area contributed by atoms with Crippen LogP contribution in [0.25, 0.3) is 17.1 Å². The smallest absolute Gasteiger partial charge is 0.255 e. The number of unbranched alkanes of at least 4 members (excludes halogenated alkanes) is 1. The molecule has 1 saturated heterocycles. The predicted molar refractivity (Wildman–Crippen MR) is 205 cm³/mol. The maximum Gasteiger partial charge on any atom is 0.255 e. The van der Waals surface area contributed by atoms with Crippen molar-refractivity contribution in [2.24, 2.45) is 0 Å². The number of nitrogens with two attached hydrogens (primary N) is 1. The number of rotatable bonds is 12. The topological polar surface area (TPSA) is 202 Å². The molecule has 0 radical (unpaired) electrons. The van der Waals surface area contributed by atoms with Gasteiger partial charge in [0, 0.05) is 60.5 Å². The quantitative estimate of drug-likeness (QED) is 0.0907. The Labute approximate surface area is 317 Å². The molecule has 4 heterocycles. The predicted octanol–water partition coefficient (Wildman–Crippen LogP) is 4.20. The number of carbonyl (C=O) groups excluding carboxylic acids is 4. The van der Waals surface area contributed by atoms with E-state index in [4.69, 9.17) is 5.73 Å². The van der Waals surface area contributed by atoms with Crippen molar-refractivity contribution >= 4 is 46.9 Å². The van der Waals surface area contributed by atoms with Crippen molar-refractivity contribution in [2.45, 2.75) is 70.5 Å². The summed E-state index contributed by atoms with van der Waals surface area (Å²) < 4.78 is 1.49. The molecule has 1 atom stereocenters. The number of nitrogens with zero attached hydrogens (tertiary/aromatic N) is 6. The highest BCUT2D eigenvalue weighted by Crippen LogP contribution is 2.33. The lowest BCUT2D eigenvalue weighted by molar-refractivity contribution is -0.137. The van der Waals surface area contributed by atoms with E-state index in [-0.39, 0.29) is 30.1 Å². The molecule has 3 aromatic carbocycles. The van der Waals surface area contributed by atoms with E-state index in [0.29, 0.717) is 56.2 Å². The summed E-state index contributed by atoms with van der Waals surface area (Å²) in [7, 11) is 0. The Morgan fingerprint density at radius 3 is 2.58 bits per heavy atom. The molecule has 1 aliphatic carbocycles. The van der Waals surface area contributed by atoms with Gasteiger partial charge in [0.2, 0.25) is 29.6 Å². The van der Waals surface area contributed by atoms with Gasteiger partial charge in [-0.15, -0.1) is 15.3 Å². The third kappa shape index (κ3) is 7.58. The molecule has 5 aromatic rings. The number of imide groups is 1. The van der Waals surface area contributed by atoms with Crippen LogP contribution in [0.15, 0.2) is 72.8 Å². The summed E-state index contributed by atoms with van der Waals surface area (Å²) >= 11 is 0. The van der Waals surface area contributed by atoms with E-state index in [9.17, 15) is 19.2 Å². The van der Waals surface area contributed by atoms with Crippen LogP contribution in [0.3, 0.4) is 0 Å². The molecular formula is C40H41N11O4. The number of fused-ring (bicyclic) bond motifs is 4. The standard InChI is InChI=1S/C40H41N11O4/c41-39-46-40(49-51(39)33-21-26-9-5-8-25-7-1-2-10-28(25)36(26)48-47-33)44-27-16-14-24(15-17-27)22-43-34(52)13-3-4-20-42-31-12-6-11-29-30(31)23-50(38(29)55)32-18-19-35(53)45-37(32)54/h1-2,6-7,10-12,14-17,21,32,42H,3-5,8-9,13,18-20,22-23H2,(H,43,52)(H,45,53,54)(H3,41,44,46,49). The zero-order chi connectivity index (χ0) is 37.9. The number of aryl methyl sites for hydroxylation is 2. The summed E-state index contributed by atoms with van der Waals surface area (Å²) in [6.45, 7) is 1.33. The van der Waals surface area contributed by atoms with Crippen molar-refractivity contribution in [3.63, 3.8) is 0 Å². The zero-order valence-corrected chi connectivity index (χ0v) is 30.2. The lowest BCUT2D eigenvalue weighted by atomic mass is 10.0. The van der Waals surface area contributed by atoms with Crippen molar-refractivity contribution < 1.29 is 19.2 Å². The fourth-order valence-electron chi connectivity index (χ4n) is 7.43. The van der Waals surface area contributed by atoms with Crippen LogP contribution in [-0.2, 0) is 40.3 Å². The van der Waals surface area contributed by atoms with Crippen molar-refractivity contribution in [1.82, 2.24) is 40.5 Å². The molecule has 15 heteroatoms. The van der Waals surface area contributed by atoms with E-state index in [2.05, 4.69) is 59.7 Å². The molecule has 3 aliphatic rings. The Morgan fingerprint density at radius 1 is 0.909 bits per heavy atom. The second-order valence-corrected chi connectivity index (χ2v) is 14.0. The SMILES string of the molecule is Nc1nc(Nc2ccc(CNC(=O)CCCCNc3cccc4c3CN(C3CCC(=O)NC3=O)C4=O)cc2)nn1-c1cc2c(nn1)-c1ccccc1CCC2. The van der Waals surface area contributed by atoms with Gasteiger partial charge in [-0.2, -0.15) is 9.67 Å². The molecular weight excluding hydrogens is 699 g/mol. The number of carbonyl (C=O) groups is 4.